The molecule has 10 heteroatoms. The average Bonchev–Trinajstić information content (AvgIpc) is 2.58. The van der Waals surface area contributed by atoms with Crippen LogP contribution in [-0.2, 0) is 11.8 Å². The van der Waals surface area contributed by atoms with Crippen molar-refractivity contribution in [3.05, 3.63) is 16.4 Å². The minimum atomic E-state index is -4.38. The summed E-state index contributed by atoms with van der Waals surface area (Å²) in [5.41, 5.74) is 0. The van der Waals surface area contributed by atoms with Crippen LogP contribution in [0.25, 0.3) is 0 Å². The number of imidazole rings is 1. The van der Waals surface area contributed by atoms with Gasteiger partial charge in [-0.15, -0.1) is 0 Å². The van der Waals surface area contributed by atoms with Crippen molar-refractivity contribution in [2.24, 2.45) is 7.05 Å². The molecule has 0 spiro atoms. The number of nitrogens with one attached hydrogen (secondary N) is 1. The maximum absolute atomic E-state index is 11.7. The standard InChI is InChI=1S/C8H11F3N4O3/c1-14-5-13-7(15(16)17)6(14)12-2-3-18-4-8(9,10)11/h5,12H,2-4H2,1H3. The summed E-state index contributed by atoms with van der Waals surface area (Å²) in [5, 5.41) is 13.2. The summed E-state index contributed by atoms with van der Waals surface area (Å²) >= 11 is 0. The van der Waals surface area contributed by atoms with E-state index in [4.69, 9.17) is 0 Å². The third-order valence-corrected chi connectivity index (χ3v) is 1.90. The van der Waals surface area contributed by atoms with Gasteiger partial charge in [0.05, 0.1) is 6.61 Å². The molecule has 0 saturated heterocycles. The molecule has 0 aliphatic carbocycles. The molecule has 7 nitrogen and oxygen atoms in total. The molecule has 0 aliphatic heterocycles. The molecule has 0 saturated carbocycles. The highest BCUT2D eigenvalue weighted by atomic mass is 19.4. The Morgan fingerprint density at radius 3 is 2.83 bits per heavy atom. The molecular weight excluding hydrogens is 257 g/mol. The number of alkyl halides is 3. The third kappa shape index (κ3) is 4.20. The van der Waals surface area contributed by atoms with E-state index in [1.807, 2.05) is 0 Å². The zero-order chi connectivity index (χ0) is 13.8. The summed E-state index contributed by atoms with van der Waals surface area (Å²) in [6.07, 6.45) is -3.14. The largest absolute Gasteiger partial charge is 0.411 e. The maximum Gasteiger partial charge on any atom is 0.411 e. The SMILES string of the molecule is Cn1cnc([N+](=O)[O-])c1NCCOCC(F)(F)F. The van der Waals surface area contributed by atoms with Gasteiger partial charge in [0.15, 0.2) is 0 Å². The first-order chi connectivity index (χ1) is 8.31. The van der Waals surface area contributed by atoms with Gasteiger partial charge in [-0.1, -0.05) is 0 Å². The summed E-state index contributed by atoms with van der Waals surface area (Å²) in [4.78, 5) is 13.4. The van der Waals surface area contributed by atoms with Crippen LogP contribution in [0.2, 0.25) is 0 Å². The van der Waals surface area contributed by atoms with E-state index >= 15 is 0 Å². The molecule has 0 aliphatic rings. The Morgan fingerprint density at radius 1 is 1.61 bits per heavy atom. The normalized spacial score (nSPS) is 11.6. The number of nitro groups is 1. The first kappa shape index (κ1) is 14.2. The van der Waals surface area contributed by atoms with E-state index < -0.39 is 17.7 Å². The highest BCUT2D eigenvalue weighted by Gasteiger charge is 2.27. The number of ether oxygens (including phenoxy) is 1. The van der Waals surface area contributed by atoms with Crippen molar-refractivity contribution < 1.29 is 22.8 Å². The van der Waals surface area contributed by atoms with Gasteiger partial charge in [0.25, 0.3) is 0 Å². The maximum atomic E-state index is 11.7. The van der Waals surface area contributed by atoms with Crippen molar-refractivity contribution >= 4 is 11.6 Å². The lowest BCUT2D eigenvalue weighted by molar-refractivity contribution is -0.388. The molecule has 18 heavy (non-hydrogen) atoms. The van der Waals surface area contributed by atoms with E-state index in [1.54, 1.807) is 0 Å². The van der Waals surface area contributed by atoms with E-state index in [-0.39, 0.29) is 24.8 Å². The summed E-state index contributed by atoms with van der Waals surface area (Å²) in [7, 11) is 1.53. The van der Waals surface area contributed by atoms with Crippen LogP contribution in [0.1, 0.15) is 0 Å². The predicted molar refractivity (Wildman–Crippen MR) is 55.2 cm³/mol. The number of hydrogen-bond donors (Lipinski definition) is 1. The molecule has 1 N–H and O–H groups in total. The molecular formula is C8H11F3N4O3. The highest BCUT2D eigenvalue weighted by molar-refractivity contribution is 5.51. The minimum Gasteiger partial charge on any atom is -0.370 e. The van der Waals surface area contributed by atoms with E-state index in [2.05, 4.69) is 15.0 Å². The van der Waals surface area contributed by atoms with E-state index in [1.165, 1.54) is 17.9 Å². The van der Waals surface area contributed by atoms with Gasteiger partial charge >= 0.3 is 12.0 Å². The Hall–Kier alpha value is -1.84. The minimum absolute atomic E-state index is 0.0104. The van der Waals surface area contributed by atoms with Crippen molar-refractivity contribution in [3.8, 4) is 0 Å². The van der Waals surface area contributed by atoms with Crippen LogP contribution in [0.5, 0.6) is 0 Å². The van der Waals surface area contributed by atoms with E-state index in [0.717, 1.165) is 0 Å². The van der Waals surface area contributed by atoms with Gasteiger partial charge in [-0.25, -0.2) is 0 Å². The zero-order valence-electron chi connectivity index (χ0n) is 9.40. The smallest absolute Gasteiger partial charge is 0.370 e. The Morgan fingerprint density at radius 2 is 2.28 bits per heavy atom. The number of hydrogen-bond acceptors (Lipinski definition) is 5. The van der Waals surface area contributed by atoms with Crippen molar-refractivity contribution in [1.29, 1.82) is 0 Å². The van der Waals surface area contributed by atoms with Crippen LogP contribution in [0.4, 0.5) is 24.8 Å². The van der Waals surface area contributed by atoms with Gasteiger partial charge in [0, 0.05) is 13.6 Å². The molecule has 0 fully saturated rings. The Kier molecular flexibility index (Phi) is 4.48. The molecule has 1 aromatic heterocycles. The molecule has 102 valence electrons. The zero-order valence-corrected chi connectivity index (χ0v) is 9.40. The first-order valence-corrected chi connectivity index (χ1v) is 4.85. The number of halogens is 3. The lowest BCUT2D eigenvalue weighted by atomic mass is 10.5. The molecule has 0 aromatic carbocycles. The van der Waals surface area contributed by atoms with Crippen LogP contribution in [0.3, 0.4) is 0 Å². The quantitative estimate of drug-likeness (QED) is 0.478. The molecule has 0 radical (unpaired) electrons. The molecule has 1 heterocycles. The van der Waals surface area contributed by atoms with Crippen LogP contribution in [0.15, 0.2) is 6.33 Å². The Labute approximate surface area is 99.7 Å². The first-order valence-electron chi connectivity index (χ1n) is 4.85. The number of aromatic nitrogens is 2. The molecule has 1 rings (SSSR count). The fourth-order valence-electron chi connectivity index (χ4n) is 1.18. The van der Waals surface area contributed by atoms with Crippen LogP contribution in [0, 0.1) is 10.1 Å². The average molecular weight is 268 g/mol. The lowest BCUT2D eigenvalue weighted by Gasteiger charge is -2.09. The van der Waals surface area contributed by atoms with Crippen LogP contribution < -0.4 is 5.32 Å². The Balaban J connectivity index is 2.40. The van der Waals surface area contributed by atoms with Crippen LogP contribution in [-0.4, -0.2) is 40.4 Å². The molecule has 0 unspecified atom stereocenters. The Bertz CT molecular complexity index is 418. The van der Waals surface area contributed by atoms with Crippen molar-refractivity contribution in [2.75, 3.05) is 25.1 Å². The van der Waals surface area contributed by atoms with Gasteiger partial charge in [-0.3, -0.25) is 4.57 Å². The summed E-state index contributed by atoms with van der Waals surface area (Å²) in [6, 6.07) is 0. The van der Waals surface area contributed by atoms with Crippen molar-refractivity contribution in [2.45, 2.75) is 6.18 Å². The monoisotopic (exact) mass is 268 g/mol. The molecule has 0 bridgehead atoms. The van der Waals surface area contributed by atoms with Gasteiger partial charge in [-0.2, -0.15) is 13.2 Å². The topological polar surface area (TPSA) is 82.2 Å². The van der Waals surface area contributed by atoms with Crippen molar-refractivity contribution in [1.82, 2.24) is 9.55 Å². The van der Waals surface area contributed by atoms with Gasteiger partial charge < -0.3 is 20.2 Å². The number of rotatable bonds is 6. The lowest BCUT2D eigenvalue weighted by Crippen LogP contribution is -2.20. The summed E-state index contributed by atoms with van der Waals surface area (Å²) < 4.78 is 40.9. The van der Waals surface area contributed by atoms with Gasteiger partial charge in [-0.05, 0) is 9.91 Å². The fraction of sp³-hybridized carbons (Fsp3) is 0.625. The second-order valence-corrected chi connectivity index (χ2v) is 3.38. The second kappa shape index (κ2) is 5.67. The van der Waals surface area contributed by atoms with Gasteiger partial charge in [0.2, 0.25) is 12.1 Å². The van der Waals surface area contributed by atoms with Gasteiger partial charge in [0.1, 0.15) is 6.61 Å². The predicted octanol–water partition coefficient (Wildman–Crippen LogP) is 1.32. The van der Waals surface area contributed by atoms with E-state index in [9.17, 15) is 23.3 Å². The fourth-order valence-corrected chi connectivity index (χ4v) is 1.18. The second-order valence-electron chi connectivity index (χ2n) is 3.38. The molecule has 0 amide bonds. The molecule has 0 atom stereocenters. The third-order valence-electron chi connectivity index (χ3n) is 1.90. The molecule has 1 aromatic rings. The highest BCUT2D eigenvalue weighted by Crippen LogP contribution is 2.20. The number of aryl methyl sites for hydroxylation is 1. The number of nitrogens with zero attached hydrogens (tertiary/aromatic N) is 3. The summed E-state index contributed by atoms with van der Waals surface area (Å²) in [5.74, 6) is -0.260. The van der Waals surface area contributed by atoms with Crippen molar-refractivity contribution in [3.63, 3.8) is 0 Å². The van der Waals surface area contributed by atoms with Crippen LogP contribution >= 0.6 is 0 Å². The number of anilines is 1. The summed E-state index contributed by atoms with van der Waals surface area (Å²) in [6.45, 7) is -1.56. The van der Waals surface area contributed by atoms with E-state index in [0.29, 0.717) is 0 Å².